The predicted octanol–water partition coefficient (Wildman–Crippen LogP) is 1.99. The summed E-state index contributed by atoms with van der Waals surface area (Å²) in [6.07, 6.45) is 2.09. The van der Waals surface area contributed by atoms with Crippen LogP contribution in [0.15, 0.2) is 54.7 Å². The largest absolute Gasteiger partial charge is 0.347 e. The molecular weight excluding hydrogens is 316 g/mol. The molecule has 128 valence electrons. The Morgan fingerprint density at radius 3 is 2.60 bits per heavy atom. The monoisotopic (exact) mass is 336 g/mol. The second-order valence-corrected chi connectivity index (χ2v) is 6.07. The molecule has 0 saturated heterocycles. The van der Waals surface area contributed by atoms with Gasteiger partial charge in [0.1, 0.15) is 17.4 Å². The van der Waals surface area contributed by atoms with Crippen molar-refractivity contribution in [3.05, 3.63) is 66.0 Å². The van der Waals surface area contributed by atoms with Gasteiger partial charge in [-0.1, -0.05) is 30.3 Å². The first-order chi connectivity index (χ1) is 12.0. The number of amides is 2. The highest BCUT2D eigenvalue weighted by Gasteiger charge is 2.24. The van der Waals surface area contributed by atoms with Crippen LogP contribution in [0.5, 0.6) is 0 Å². The van der Waals surface area contributed by atoms with Crippen molar-refractivity contribution >= 4 is 22.8 Å². The molecule has 0 saturated carbocycles. The molecule has 2 heterocycles. The summed E-state index contributed by atoms with van der Waals surface area (Å²) in [5.74, 6) is -0.472. The quantitative estimate of drug-likeness (QED) is 0.748. The van der Waals surface area contributed by atoms with Gasteiger partial charge in [0, 0.05) is 32.1 Å². The molecule has 0 bridgehead atoms. The van der Waals surface area contributed by atoms with E-state index in [1.165, 1.54) is 4.90 Å². The summed E-state index contributed by atoms with van der Waals surface area (Å²) in [6.45, 7) is 0. The number of carbonyl (C=O) groups is 2. The summed E-state index contributed by atoms with van der Waals surface area (Å²) >= 11 is 0. The second-order valence-electron chi connectivity index (χ2n) is 6.07. The number of rotatable bonds is 5. The zero-order valence-corrected chi connectivity index (χ0v) is 14.2. The molecular formula is C19H20N4O2. The maximum Gasteiger partial charge on any atom is 0.268 e. The van der Waals surface area contributed by atoms with Crippen molar-refractivity contribution in [2.75, 3.05) is 14.1 Å². The summed E-state index contributed by atoms with van der Waals surface area (Å²) < 4.78 is 0. The third-order valence-electron chi connectivity index (χ3n) is 3.96. The molecule has 0 spiro atoms. The molecule has 6 heteroatoms. The molecule has 6 nitrogen and oxygen atoms in total. The Morgan fingerprint density at radius 1 is 1.16 bits per heavy atom. The molecule has 0 aliphatic carbocycles. The number of benzene rings is 1. The average molecular weight is 336 g/mol. The van der Waals surface area contributed by atoms with Crippen molar-refractivity contribution in [1.82, 2.24) is 20.2 Å². The number of carbonyl (C=O) groups excluding carboxylic acids is 2. The van der Waals surface area contributed by atoms with E-state index < -0.39 is 6.04 Å². The number of likely N-dealkylation sites (N-methyl/N-ethyl adjacent to an activating group) is 1. The van der Waals surface area contributed by atoms with Crippen molar-refractivity contribution in [2.45, 2.75) is 12.5 Å². The Hall–Kier alpha value is -3.15. The topological polar surface area (TPSA) is 78.1 Å². The number of aromatic nitrogens is 2. The van der Waals surface area contributed by atoms with Crippen LogP contribution in [-0.4, -0.2) is 46.8 Å². The molecule has 25 heavy (non-hydrogen) atoms. The van der Waals surface area contributed by atoms with Crippen molar-refractivity contribution < 1.29 is 9.59 Å². The summed E-state index contributed by atoms with van der Waals surface area (Å²) in [4.78, 5) is 33.7. The van der Waals surface area contributed by atoms with E-state index in [1.54, 1.807) is 26.4 Å². The molecule has 0 aliphatic heterocycles. The smallest absolute Gasteiger partial charge is 0.268 e. The van der Waals surface area contributed by atoms with Crippen LogP contribution < -0.4 is 5.32 Å². The minimum Gasteiger partial charge on any atom is -0.347 e. The molecule has 0 radical (unpaired) electrons. The Bertz CT molecular complexity index is 854. The first-order valence-electron chi connectivity index (χ1n) is 8.04. The molecule has 2 amide bonds. The van der Waals surface area contributed by atoms with Crippen molar-refractivity contribution in [1.29, 1.82) is 0 Å². The third-order valence-corrected chi connectivity index (χ3v) is 3.96. The van der Waals surface area contributed by atoms with Gasteiger partial charge in [-0.2, -0.15) is 0 Å². The van der Waals surface area contributed by atoms with E-state index in [2.05, 4.69) is 15.3 Å². The molecule has 3 aromatic rings. The number of aromatic amines is 1. The van der Waals surface area contributed by atoms with Gasteiger partial charge in [-0.15, -0.1) is 0 Å². The Morgan fingerprint density at radius 2 is 1.92 bits per heavy atom. The lowest BCUT2D eigenvalue weighted by molar-refractivity contribution is -0.130. The van der Waals surface area contributed by atoms with Crippen LogP contribution in [0, 0.1) is 0 Å². The van der Waals surface area contributed by atoms with Crippen LogP contribution in [0.25, 0.3) is 11.0 Å². The minimum absolute atomic E-state index is 0.147. The van der Waals surface area contributed by atoms with Crippen LogP contribution in [0.3, 0.4) is 0 Å². The molecule has 2 aromatic heterocycles. The van der Waals surface area contributed by atoms with Crippen molar-refractivity contribution in [3.8, 4) is 0 Å². The lowest BCUT2D eigenvalue weighted by Gasteiger charge is -2.21. The highest BCUT2D eigenvalue weighted by atomic mass is 16.2. The van der Waals surface area contributed by atoms with E-state index in [1.807, 2.05) is 42.5 Å². The fraction of sp³-hybridized carbons (Fsp3) is 0.211. The zero-order chi connectivity index (χ0) is 17.8. The lowest BCUT2D eigenvalue weighted by Crippen LogP contribution is -2.47. The number of nitrogens with one attached hydrogen (secondary N) is 2. The maximum absolute atomic E-state index is 12.6. The van der Waals surface area contributed by atoms with Crippen LogP contribution in [0.2, 0.25) is 0 Å². The SMILES string of the molecule is CN(C)C(=O)[C@H](Cc1ccccc1)NC(=O)c1cc2cccnc2[nH]1. The first kappa shape index (κ1) is 16.7. The van der Waals surface area contributed by atoms with E-state index in [9.17, 15) is 9.59 Å². The van der Waals surface area contributed by atoms with Gasteiger partial charge in [-0.3, -0.25) is 9.59 Å². The fourth-order valence-corrected chi connectivity index (χ4v) is 2.68. The molecule has 1 atom stereocenters. The van der Waals surface area contributed by atoms with Gasteiger partial charge in [0.15, 0.2) is 0 Å². The number of pyridine rings is 1. The number of fused-ring (bicyclic) bond motifs is 1. The van der Waals surface area contributed by atoms with Gasteiger partial charge in [-0.05, 0) is 23.8 Å². The van der Waals surface area contributed by atoms with Crippen LogP contribution >= 0.6 is 0 Å². The first-order valence-corrected chi connectivity index (χ1v) is 8.04. The standard InChI is InChI=1S/C19H20N4O2/c1-23(2)19(25)16(11-13-7-4-3-5-8-13)22-18(24)15-12-14-9-6-10-20-17(14)21-15/h3-10,12,16H,11H2,1-2H3,(H,20,21)(H,22,24)/t16-/m0/s1. The highest BCUT2D eigenvalue weighted by molar-refractivity contribution is 5.99. The van der Waals surface area contributed by atoms with E-state index in [0.717, 1.165) is 10.9 Å². The van der Waals surface area contributed by atoms with Gasteiger partial charge >= 0.3 is 0 Å². The maximum atomic E-state index is 12.6. The summed E-state index contributed by atoms with van der Waals surface area (Å²) in [6, 6.07) is 14.4. The molecule has 1 aromatic carbocycles. The highest BCUT2D eigenvalue weighted by Crippen LogP contribution is 2.13. The second kappa shape index (κ2) is 7.17. The van der Waals surface area contributed by atoms with Gasteiger partial charge in [0.2, 0.25) is 5.91 Å². The molecule has 0 aliphatic rings. The van der Waals surface area contributed by atoms with Crippen molar-refractivity contribution in [3.63, 3.8) is 0 Å². The van der Waals surface area contributed by atoms with Gasteiger partial charge in [-0.25, -0.2) is 4.98 Å². The number of hydrogen-bond donors (Lipinski definition) is 2. The van der Waals surface area contributed by atoms with E-state index in [-0.39, 0.29) is 11.8 Å². The summed E-state index contributed by atoms with van der Waals surface area (Å²) in [5.41, 5.74) is 2.02. The Balaban J connectivity index is 1.81. The van der Waals surface area contributed by atoms with Crippen LogP contribution in [-0.2, 0) is 11.2 Å². The third kappa shape index (κ3) is 3.85. The van der Waals surface area contributed by atoms with Crippen LogP contribution in [0.4, 0.5) is 0 Å². The van der Waals surface area contributed by atoms with Gasteiger partial charge in [0.25, 0.3) is 5.91 Å². The van der Waals surface area contributed by atoms with E-state index >= 15 is 0 Å². The molecule has 2 N–H and O–H groups in total. The van der Waals surface area contributed by atoms with E-state index in [4.69, 9.17) is 0 Å². The Kier molecular flexibility index (Phi) is 4.79. The fourth-order valence-electron chi connectivity index (χ4n) is 2.68. The average Bonchev–Trinajstić information content (AvgIpc) is 3.05. The normalized spacial score (nSPS) is 11.9. The van der Waals surface area contributed by atoms with Crippen molar-refractivity contribution in [2.24, 2.45) is 0 Å². The molecule has 0 unspecified atom stereocenters. The molecule has 0 fully saturated rings. The molecule has 3 rings (SSSR count). The Labute approximate surface area is 145 Å². The summed E-state index contributed by atoms with van der Waals surface area (Å²) in [7, 11) is 3.36. The number of H-pyrrole nitrogens is 1. The number of hydrogen-bond acceptors (Lipinski definition) is 3. The van der Waals surface area contributed by atoms with Gasteiger partial charge < -0.3 is 15.2 Å². The lowest BCUT2D eigenvalue weighted by atomic mass is 10.0. The number of nitrogens with zero attached hydrogens (tertiary/aromatic N) is 2. The van der Waals surface area contributed by atoms with Crippen LogP contribution in [0.1, 0.15) is 16.1 Å². The van der Waals surface area contributed by atoms with Gasteiger partial charge in [0.05, 0.1) is 0 Å². The predicted molar refractivity (Wildman–Crippen MR) is 96.2 cm³/mol. The van der Waals surface area contributed by atoms with E-state index in [0.29, 0.717) is 17.8 Å². The minimum atomic E-state index is -0.635. The summed E-state index contributed by atoms with van der Waals surface area (Å²) in [5, 5.41) is 3.69. The zero-order valence-electron chi connectivity index (χ0n) is 14.2.